The van der Waals surface area contributed by atoms with Crippen molar-refractivity contribution in [3.8, 4) is 11.3 Å². The number of carbonyl (C=O) groups is 1. The number of carbonyl (C=O) groups excluding carboxylic acids is 1. The molecular weight excluding hydrogens is 384 g/mol. The Labute approximate surface area is 171 Å². The molecule has 0 spiro atoms. The van der Waals surface area contributed by atoms with Gasteiger partial charge in [-0.2, -0.15) is 0 Å². The van der Waals surface area contributed by atoms with Crippen LogP contribution in [0.15, 0.2) is 71.9 Å². The van der Waals surface area contributed by atoms with E-state index in [0.717, 1.165) is 5.56 Å². The summed E-state index contributed by atoms with van der Waals surface area (Å²) in [6, 6.07) is 12.5. The molecule has 30 heavy (non-hydrogen) atoms. The molecule has 4 aromatic heterocycles. The average molecular weight is 402 g/mol. The van der Waals surface area contributed by atoms with Crippen molar-refractivity contribution < 1.29 is 9.32 Å². The maximum Gasteiger partial charge on any atom is 0.273 e. The van der Waals surface area contributed by atoms with Gasteiger partial charge in [0.15, 0.2) is 11.5 Å². The molecule has 3 N–H and O–H groups in total. The van der Waals surface area contributed by atoms with Gasteiger partial charge in [0.1, 0.15) is 23.8 Å². The number of amides is 1. The molecule has 0 saturated heterocycles. The fourth-order valence-corrected chi connectivity index (χ4v) is 2.57. The number of aromatic nitrogens is 5. The van der Waals surface area contributed by atoms with Gasteiger partial charge in [-0.25, -0.2) is 15.0 Å². The number of pyridine rings is 2. The van der Waals surface area contributed by atoms with Crippen molar-refractivity contribution in [2.45, 2.75) is 0 Å². The Morgan fingerprint density at radius 2 is 1.87 bits per heavy atom. The first-order chi connectivity index (χ1) is 14.8. The summed E-state index contributed by atoms with van der Waals surface area (Å²) in [6.07, 6.45) is 6.45. The third kappa shape index (κ3) is 4.93. The molecule has 4 rings (SSSR count). The van der Waals surface area contributed by atoms with Crippen LogP contribution in [0.4, 0.5) is 17.5 Å². The Kier molecular flexibility index (Phi) is 5.85. The molecule has 0 aromatic carbocycles. The van der Waals surface area contributed by atoms with Crippen LogP contribution in [0.2, 0.25) is 0 Å². The van der Waals surface area contributed by atoms with E-state index in [4.69, 9.17) is 4.52 Å². The lowest BCUT2D eigenvalue weighted by Gasteiger charge is -2.08. The van der Waals surface area contributed by atoms with Crippen molar-refractivity contribution in [2.75, 3.05) is 23.7 Å². The summed E-state index contributed by atoms with van der Waals surface area (Å²) in [6.45, 7) is 0.847. The molecule has 0 aliphatic heterocycles. The Morgan fingerprint density at radius 3 is 2.70 bits per heavy atom. The van der Waals surface area contributed by atoms with Gasteiger partial charge in [-0.05, 0) is 24.3 Å². The summed E-state index contributed by atoms with van der Waals surface area (Å²) in [7, 11) is 0. The van der Waals surface area contributed by atoms with Crippen molar-refractivity contribution in [1.82, 2.24) is 30.4 Å². The lowest BCUT2D eigenvalue weighted by atomic mass is 10.2. The van der Waals surface area contributed by atoms with Gasteiger partial charge in [0.2, 0.25) is 0 Å². The van der Waals surface area contributed by atoms with Crippen LogP contribution >= 0.6 is 0 Å². The van der Waals surface area contributed by atoms with Gasteiger partial charge in [0.05, 0.1) is 0 Å². The molecule has 4 heterocycles. The number of rotatable bonds is 8. The zero-order valence-corrected chi connectivity index (χ0v) is 15.8. The Balaban J connectivity index is 1.26. The van der Waals surface area contributed by atoms with E-state index in [-0.39, 0.29) is 11.6 Å². The van der Waals surface area contributed by atoms with Crippen LogP contribution in [0.25, 0.3) is 11.3 Å². The molecule has 0 unspecified atom stereocenters. The zero-order valence-electron chi connectivity index (χ0n) is 15.8. The summed E-state index contributed by atoms with van der Waals surface area (Å²) in [5, 5.41) is 12.8. The summed E-state index contributed by atoms with van der Waals surface area (Å²) < 4.78 is 5.21. The van der Waals surface area contributed by atoms with E-state index in [9.17, 15) is 4.79 Å². The van der Waals surface area contributed by atoms with Gasteiger partial charge in [0.25, 0.3) is 5.91 Å². The number of nitrogens with zero attached hydrogens (tertiary/aromatic N) is 5. The fraction of sp³-hybridized carbons (Fsp3) is 0.100. The van der Waals surface area contributed by atoms with E-state index in [1.807, 2.05) is 24.3 Å². The van der Waals surface area contributed by atoms with Gasteiger partial charge in [-0.15, -0.1) is 0 Å². The third-order valence-electron chi connectivity index (χ3n) is 3.99. The van der Waals surface area contributed by atoms with Gasteiger partial charge in [0, 0.05) is 49.4 Å². The lowest BCUT2D eigenvalue weighted by Crippen LogP contribution is -2.29. The zero-order chi connectivity index (χ0) is 20.6. The highest BCUT2D eigenvalue weighted by molar-refractivity contribution is 5.93. The van der Waals surface area contributed by atoms with Gasteiger partial charge < -0.3 is 20.5 Å². The van der Waals surface area contributed by atoms with Crippen molar-refractivity contribution in [3.63, 3.8) is 0 Å². The van der Waals surface area contributed by atoms with Gasteiger partial charge in [-0.1, -0.05) is 11.2 Å². The minimum atomic E-state index is -0.323. The Hall–Kier alpha value is -4.34. The predicted octanol–water partition coefficient (Wildman–Crippen LogP) is 2.51. The van der Waals surface area contributed by atoms with Crippen molar-refractivity contribution in [3.05, 3.63) is 73.1 Å². The number of hydrogen-bond acceptors (Lipinski definition) is 9. The molecule has 0 atom stereocenters. The van der Waals surface area contributed by atoms with Crippen molar-refractivity contribution in [1.29, 1.82) is 0 Å². The van der Waals surface area contributed by atoms with E-state index in [2.05, 4.69) is 41.0 Å². The molecule has 0 aliphatic carbocycles. The molecule has 10 heteroatoms. The summed E-state index contributed by atoms with van der Waals surface area (Å²) >= 11 is 0. The van der Waals surface area contributed by atoms with E-state index >= 15 is 0 Å². The molecule has 10 nitrogen and oxygen atoms in total. The first-order valence-electron chi connectivity index (χ1n) is 9.17. The quantitative estimate of drug-likeness (QED) is 0.380. The minimum Gasteiger partial charge on any atom is -0.368 e. The predicted molar refractivity (Wildman–Crippen MR) is 110 cm³/mol. The van der Waals surface area contributed by atoms with Crippen LogP contribution in [0.3, 0.4) is 0 Å². The second kappa shape index (κ2) is 9.24. The van der Waals surface area contributed by atoms with E-state index in [1.165, 1.54) is 6.33 Å². The van der Waals surface area contributed by atoms with Crippen LogP contribution in [0, 0.1) is 0 Å². The van der Waals surface area contributed by atoms with Gasteiger partial charge >= 0.3 is 0 Å². The molecule has 0 aliphatic rings. The molecule has 0 saturated carbocycles. The van der Waals surface area contributed by atoms with Crippen LogP contribution < -0.4 is 16.0 Å². The van der Waals surface area contributed by atoms with E-state index in [0.29, 0.717) is 36.3 Å². The van der Waals surface area contributed by atoms with Crippen LogP contribution in [-0.2, 0) is 0 Å². The normalized spacial score (nSPS) is 10.4. The summed E-state index contributed by atoms with van der Waals surface area (Å²) in [4.78, 5) is 28.8. The standard InChI is InChI=1S/C20H18N8O2/c29-20(15-10-16(30-28-15)14-4-3-6-21-12-14)24-9-8-23-18-11-19(26-13-25-18)27-17-5-1-2-7-22-17/h1-7,10-13H,8-9H2,(H,24,29)(H2,22,23,25,26,27). The highest BCUT2D eigenvalue weighted by Crippen LogP contribution is 2.18. The number of anilines is 3. The maximum atomic E-state index is 12.2. The first kappa shape index (κ1) is 19.0. The lowest BCUT2D eigenvalue weighted by molar-refractivity contribution is 0.0946. The van der Waals surface area contributed by atoms with Crippen LogP contribution in [0.5, 0.6) is 0 Å². The minimum absolute atomic E-state index is 0.206. The largest absolute Gasteiger partial charge is 0.368 e. The Morgan fingerprint density at radius 1 is 0.933 bits per heavy atom. The van der Waals surface area contributed by atoms with E-state index in [1.54, 1.807) is 36.8 Å². The average Bonchev–Trinajstić information content (AvgIpc) is 3.29. The fourth-order valence-electron chi connectivity index (χ4n) is 2.57. The molecule has 150 valence electrons. The topological polar surface area (TPSA) is 131 Å². The second-order valence-corrected chi connectivity index (χ2v) is 6.13. The molecule has 4 aromatic rings. The second-order valence-electron chi connectivity index (χ2n) is 6.13. The number of nitrogens with one attached hydrogen (secondary N) is 3. The summed E-state index contributed by atoms with van der Waals surface area (Å²) in [5.74, 6) is 2.09. The van der Waals surface area contributed by atoms with Crippen molar-refractivity contribution in [2.24, 2.45) is 0 Å². The maximum absolute atomic E-state index is 12.2. The molecule has 0 fully saturated rings. The van der Waals surface area contributed by atoms with Crippen LogP contribution in [-0.4, -0.2) is 44.1 Å². The highest BCUT2D eigenvalue weighted by atomic mass is 16.5. The Bertz CT molecular complexity index is 1100. The number of hydrogen-bond donors (Lipinski definition) is 3. The summed E-state index contributed by atoms with van der Waals surface area (Å²) in [5.41, 5.74) is 0.960. The van der Waals surface area contributed by atoms with Crippen LogP contribution in [0.1, 0.15) is 10.5 Å². The molecular formula is C20H18N8O2. The van der Waals surface area contributed by atoms with E-state index < -0.39 is 0 Å². The SMILES string of the molecule is O=C(NCCNc1cc(Nc2ccccn2)ncn1)c1cc(-c2cccnc2)on1. The molecule has 0 bridgehead atoms. The van der Waals surface area contributed by atoms with Crippen molar-refractivity contribution >= 4 is 23.4 Å². The highest BCUT2D eigenvalue weighted by Gasteiger charge is 2.13. The molecule has 0 radical (unpaired) electrons. The monoisotopic (exact) mass is 402 g/mol. The molecule has 1 amide bonds. The smallest absolute Gasteiger partial charge is 0.273 e. The first-order valence-corrected chi connectivity index (χ1v) is 9.17. The van der Waals surface area contributed by atoms with Gasteiger partial charge in [-0.3, -0.25) is 9.78 Å². The third-order valence-corrected chi connectivity index (χ3v) is 3.99.